The van der Waals surface area contributed by atoms with E-state index < -0.39 is 11.9 Å². The van der Waals surface area contributed by atoms with Gasteiger partial charge in [-0.3, -0.25) is 10.1 Å². The zero-order valence-electron chi connectivity index (χ0n) is 10.2. The first kappa shape index (κ1) is 14.4. The van der Waals surface area contributed by atoms with Gasteiger partial charge in [0.1, 0.15) is 0 Å². The van der Waals surface area contributed by atoms with Crippen LogP contribution in [0.25, 0.3) is 0 Å². The lowest BCUT2D eigenvalue weighted by Gasteiger charge is -2.07. The van der Waals surface area contributed by atoms with Crippen molar-refractivity contribution in [2.24, 2.45) is 0 Å². The van der Waals surface area contributed by atoms with Crippen LogP contribution in [0.5, 0.6) is 0 Å². The predicted octanol–water partition coefficient (Wildman–Crippen LogP) is 3.96. The van der Waals surface area contributed by atoms with Crippen molar-refractivity contribution < 1.29 is 9.59 Å². The minimum atomic E-state index is -0.641. The maximum Gasteiger partial charge on any atom is 0.326 e. The Balaban J connectivity index is 2.00. The van der Waals surface area contributed by atoms with Crippen LogP contribution in [0.1, 0.15) is 10.4 Å². The Hall–Kier alpha value is -2.04. The predicted molar refractivity (Wildman–Crippen MR) is 79.4 cm³/mol. The molecule has 0 atom stereocenters. The molecule has 2 aromatic carbocycles. The summed E-state index contributed by atoms with van der Waals surface area (Å²) in [5.41, 5.74) is 0.763. The number of hydrogen-bond acceptors (Lipinski definition) is 2. The second kappa shape index (κ2) is 6.41. The molecule has 0 aliphatic rings. The van der Waals surface area contributed by atoms with Crippen molar-refractivity contribution in [1.29, 1.82) is 0 Å². The van der Waals surface area contributed by atoms with E-state index in [1.807, 2.05) is 0 Å². The number of amides is 3. The molecule has 0 saturated heterocycles. The van der Waals surface area contributed by atoms with E-state index in [2.05, 4.69) is 10.6 Å². The third-order valence-electron chi connectivity index (χ3n) is 2.45. The van der Waals surface area contributed by atoms with Crippen molar-refractivity contribution in [2.45, 2.75) is 0 Å². The first-order chi connectivity index (χ1) is 9.56. The average molecular weight is 309 g/mol. The standard InChI is InChI=1S/C14H10Cl2N2O2/c15-9-5-7-10(8-6-9)17-14(20)18-13(19)11-3-1-2-4-12(11)16/h1-8H,(H2,17,18,19,20). The van der Waals surface area contributed by atoms with Crippen molar-refractivity contribution in [3.63, 3.8) is 0 Å². The fraction of sp³-hybridized carbons (Fsp3) is 0. The fourth-order valence-electron chi connectivity index (χ4n) is 1.51. The number of imide groups is 1. The lowest BCUT2D eigenvalue weighted by Crippen LogP contribution is -2.34. The van der Waals surface area contributed by atoms with Gasteiger partial charge in [-0.25, -0.2) is 4.79 Å². The molecule has 4 nitrogen and oxygen atoms in total. The zero-order chi connectivity index (χ0) is 14.5. The first-order valence-corrected chi connectivity index (χ1v) is 6.44. The molecule has 0 aliphatic carbocycles. The van der Waals surface area contributed by atoms with Crippen molar-refractivity contribution in [1.82, 2.24) is 5.32 Å². The van der Waals surface area contributed by atoms with Crippen LogP contribution in [0, 0.1) is 0 Å². The normalized spacial score (nSPS) is 9.90. The fourth-order valence-corrected chi connectivity index (χ4v) is 1.86. The van der Waals surface area contributed by atoms with Gasteiger partial charge in [0.15, 0.2) is 0 Å². The molecule has 0 bridgehead atoms. The van der Waals surface area contributed by atoms with Crippen molar-refractivity contribution in [2.75, 3.05) is 5.32 Å². The van der Waals surface area contributed by atoms with Crippen LogP contribution in [0.3, 0.4) is 0 Å². The monoisotopic (exact) mass is 308 g/mol. The highest BCUT2D eigenvalue weighted by Gasteiger charge is 2.12. The van der Waals surface area contributed by atoms with E-state index in [0.717, 1.165) is 0 Å². The van der Waals surface area contributed by atoms with Crippen LogP contribution in [0.4, 0.5) is 10.5 Å². The van der Waals surface area contributed by atoms with Gasteiger partial charge >= 0.3 is 6.03 Å². The summed E-state index contributed by atoms with van der Waals surface area (Å²) in [5, 5.41) is 5.55. The molecule has 0 heterocycles. The summed E-state index contributed by atoms with van der Waals surface area (Å²) in [6.45, 7) is 0. The van der Waals surface area contributed by atoms with Crippen molar-refractivity contribution >= 4 is 40.8 Å². The number of halogens is 2. The molecule has 0 fully saturated rings. The third kappa shape index (κ3) is 3.73. The first-order valence-electron chi connectivity index (χ1n) is 5.68. The number of urea groups is 1. The highest BCUT2D eigenvalue weighted by atomic mass is 35.5. The SMILES string of the molecule is O=C(NC(=O)c1ccccc1Cl)Nc1ccc(Cl)cc1. The summed E-state index contributed by atoms with van der Waals surface area (Å²) in [6, 6.07) is 12.4. The molecule has 3 amide bonds. The van der Waals surface area contributed by atoms with Gasteiger partial charge in [-0.2, -0.15) is 0 Å². The summed E-state index contributed by atoms with van der Waals surface area (Å²) in [4.78, 5) is 23.5. The topological polar surface area (TPSA) is 58.2 Å². The second-order valence-corrected chi connectivity index (χ2v) is 4.74. The molecule has 0 saturated carbocycles. The van der Waals surface area contributed by atoms with E-state index in [1.54, 1.807) is 42.5 Å². The highest BCUT2D eigenvalue weighted by Crippen LogP contribution is 2.15. The van der Waals surface area contributed by atoms with E-state index in [-0.39, 0.29) is 10.6 Å². The third-order valence-corrected chi connectivity index (χ3v) is 3.03. The molecule has 0 aromatic heterocycles. The van der Waals surface area contributed by atoms with Gasteiger partial charge in [-0.15, -0.1) is 0 Å². The summed E-state index contributed by atoms with van der Waals surface area (Å²) >= 11 is 11.6. The Morgan fingerprint density at radius 3 is 2.20 bits per heavy atom. The van der Waals surface area contributed by atoms with Gasteiger partial charge in [0.05, 0.1) is 10.6 Å². The van der Waals surface area contributed by atoms with Crippen LogP contribution < -0.4 is 10.6 Å². The van der Waals surface area contributed by atoms with Gasteiger partial charge in [0, 0.05) is 10.7 Å². The minimum Gasteiger partial charge on any atom is -0.308 e. The highest BCUT2D eigenvalue weighted by molar-refractivity contribution is 6.34. The number of carbonyl (C=O) groups is 2. The molecule has 0 radical (unpaired) electrons. The summed E-state index contributed by atoms with van der Waals surface area (Å²) in [5.74, 6) is -0.568. The zero-order valence-corrected chi connectivity index (χ0v) is 11.7. The number of rotatable bonds is 2. The van der Waals surface area contributed by atoms with E-state index in [4.69, 9.17) is 23.2 Å². The van der Waals surface area contributed by atoms with Crippen LogP contribution >= 0.6 is 23.2 Å². The minimum absolute atomic E-state index is 0.237. The number of benzene rings is 2. The van der Waals surface area contributed by atoms with E-state index in [1.165, 1.54) is 6.07 Å². The summed E-state index contributed by atoms with van der Waals surface area (Å²) < 4.78 is 0. The lowest BCUT2D eigenvalue weighted by atomic mass is 10.2. The number of hydrogen-bond donors (Lipinski definition) is 2. The summed E-state index contributed by atoms with van der Waals surface area (Å²) in [6.07, 6.45) is 0. The van der Waals surface area contributed by atoms with Crippen molar-refractivity contribution in [3.8, 4) is 0 Å². The number of anilines is 1. The van der Waals surface area contributed by atoms with Gasteiger partial charge in [0.2, 0.25) is 0 Å². The van der Waals surface area contributed by atoms with E-state index in [9.17, 15) is 9.59 Å². The molecule has 2 N–H and O–H groups in total. The largest absolute Gasteiger partial charge is 0.326 e. The average Bonchev–Trinajstić information content (AvgIpc) is 2.41. The molecule has 0 spiro atoms. The molecule has 2 rings (SSSR count). The molecule has 0 aliphatic heterocycles. The molecule has 102 valence electrons. The second-order valence-electron chi connectivity index (χ2n) is 3.89. The Labute approximate surface area is 125 Å². The quantitative estimate of drug-likeness (QED) is 0.882. The molecular formula is C14H10Cl2N2O2. The van der Waals surface area contributed by atoms with E-state index >= 15 is 0 Å². The number of carbonyl (C=O) groups excluding carboxylic acids is 2. The maximum absolute atomic E-state index is 11.8. The smallest absolute Gasteiger partial charge is 0.308 e. The molecule has 0 unspecified atom stereocenters. The molecule has 2 aromatic rings. The Morgan fingerprint density at radius 1 is 0.900 bits per heavy atom. The Kier molecular flexibility index (Phi) is 4.61. The van der Waals surface area contributed by atoms with Gasteiger partial charge in [-0.05, 0) is 36.4 Å². The van der Waals surface area contributed by atoms with Gasteiger partial charge in [-0.1, -0.05) is 35.3 Å². The molecule has 6 heteroatoms. The van der Waals surface area contributed by atoms with Crippen LogP contribution in [0.2, 0.25) is 10.0 Å². The van der Waals surface area contributed by atoms with Crippen LogP contribution in [-0.2, 0) is 0 Å². The van der Waals surface area contributed by atoms with E-state index in [0.29, 0.717) is 10.7 Å². The van der Waals surface area contributed by atoms with Gasteiger partial charge in [0.25, 0.3) is 5.91 Å². The van der Waals surface area contributed by atoms with Crippen molar-refractivity contribution in [3.05, 3.63) is 64.1 Å². The van der Waals surface area contributed by atoms with Crippen LogP contribution in [-0.4, -0.2) is 11.9 Å². The van der Waals surface area contributed by atoms with Crippen LogP contribution in [0.15, 0.2) is 48.5 Å². The van der Waals surface area contributed by atoms with Gasteiger partial charge < -0.3 is 5.32 Å². The Morgan fingerprint density at radius 2 is 1.55 bits per heavy atom. The Bertz CT molecular complexity index is 642. The number of nitrogens with one attached hydrogen (secondary N) is 2. The molecular weight excluding hydrogens is 299 g/mol. The maximum atomic E-state index is 11.8. The molecule has 20 heavy (non-hydrogen) atoms. The lowest BCUT2D eigenvalue weighted by molar-refractivity contribution is 0.0967. The summed E-state index contributed by atoms with van der Waals surface area (Å²) in [7, 11) is 0.